The second-order valence-electron chi connectivity index (χ2n) is 4.76. The number of rotatable bonds is 5. The predicted octanol–water partition coefficient (Wildman–Crippen LogP) is 2.92. The number of nitrogens with one attached hydrogen (secondary N) is 2. The zero-order valence-electron chi connectivity index (χ0n) is 12.5. The maximum absolute atomic E-state index is 12.2. The minimum Gasteiger partial charge on any atom is -0.496 e. The topological polar surface area (TPSA) is 84.5 Å². The number of amides is 1. The van der Waals surface area contributed by atoms with Crippen molar-refractivity contribution in [3.05, 3.63) is 51.6 Å². The third-order valence-electron chi connectivity index (χ3n) is 2.86. The van der Waals surface area contributed by atoms with Crippen LogP contribution in [0.15, 0.2) is 42.5 Å². The Morgan fingerprint density at radius 3 is 2.22 bits per heavy atom. The van der Waals surface area contributed by atoms with Gasteiger partial charge in [-0.25, -0.2) is 8.42 Å². The van der Waals surface area contributed by atoms with E-state index in [9.17, 15) is 13.2 Å². The molecule has 0 aliphatic heterocycles. The first-order valence-electron chi connectivity index (χ1n) is 6.51. The number of ether oxygens (including phenoxy) is 1. The van der Waals surface area contributed by atoms with Crippen LogP contribution in [0.5, 0.6) is 5.75 Å². The van der Waals surface area contributed by atoms with Gasteiger partial charge in [-0.1, -0.05) is 0 Å². The lowest BCUT2D eigenvalue weighted by Gasteiger charge is -2.09. The molecule has 23 heavy (non-hydrogen) atoms. The molecule has 8 heteroatoms. The molecular formula is C15H15IN2O4S. The summed E-state index contributed by atoms with van der Waals surface area (Å²) in [6.45, 7) is 0. The van der Waals surface area contributed by atoms with Crippen molar-refractivity contribution < 1.29 is 17.9 Å². The first kappa shape index (κ1) is 17.5. The number of halogens is 1. The molecule has 0 aromatic heterocycles. The normalized spacial score (nSPS) is 10.9. The van der Waals surface area contributed by atoms with Crippen molar-refractivity contribution in [3.8, 4) is 5.75 Å². The highest BCUT2D eigenvalue weighted by molar-refractivity contribution is 14.1. The van der Waals surface area contributed by atoms with Crippen LogP contribution in [-0.2, 0) is 10.0 Å². The lowest BCUT2D eigenvalue weighted by atomic mass is 10.2. The molecule has 2 N–H and O–H groups in total. The van der Waals surface area contributed by atoms with Crippen LogP contribution in [0, 0.1) is 3.57 Å². The van der Waals surface area contributed by atoms with E-state index in [4.69, 9.17) is 4.74 Å². The molecule has 6 nitrogen and oxygen atoms in total. The molecule has 0 heterocycles. The van der Waals surface area contributed by atoms with E-state index in [1.165, 1.54) is 0 Å². The smallest absolute Gasteiger partial charge is 0.255 e. The Balaban J connectivity index is 2.09. The maximum atomic E-state index is 12.2. The number of hydrogen-bond acceptors (Lipinski definition) is 4. The van der Waals surface area contributed by atoms with Crippen molar-refractivity contribution in [1.82, 2.24) is 0 Å². The second kappa shape index (κ2) is 7.18. The van der Waals surface area contributed by atoms with Gasteiger partial charge < -0.3 is 10.1 Å². The van der Waals surface area contributed by atoms with Gasteiger partial charge in [-0.15, -0.1) is 0 Å². The Morgan fingerprint density at radius 1 is 1.09 bits per heavy atom. The molecule has 0 atom stereocenters. The molecule has 1 amide bonds. The number of hydrogen-bond donors (Lipinski definition) is 2. The molecular weight excluding hydrogens is 431 g/mol. The van der Waals surface area contributed by atoms with E-state index in [0.29, 0.717) is 22.7 Å². The van der Waals surface area contributed by atoms with E-state index in [-0.39, 0.29) is 5.91 Å². The van der Waals surface area contributed by atoms with Crippen LogP contribution >= 0.6 is 22.6 Å². The monoisotopic (exact) mass is 446 g/mol. The molecule has 2 aromatic rings. The summed E-state index contributed by atoms with van der Waals surface area (Å²) in [4.78, 5) is 12.2. The molecule has 2 rings (SSSR count). The van der Waals surface area contributed by atoms with Crippen LogP contribution in [0.4, 0.5) is 11.4 Å². The molecule has 0 fully saturated rings. The summed E-state index contributed by atoms with van der Waals surface area (Å²) in [7, 11) is -1.74. The standard InChI is InChI=1S/C15H15IN2O4S/c1-22-14-8-3-10(9-13(14)16)15(19)17-11-4-6-12(7-5-11)18-23(2,20)21/h3-9,18H,1-2H3,(H,17,19). The first-order valence-corrected chi connectivity index (χ1v) is 9.48. The molecule has 0 unspecified atom stereocenters. The molecule has 0 saturated heterocycles. The van der Waals surface area contributed by atoms with E-state index < -0.39 is 10.0 Å². The number of benzene rings is 2. The fraction of sp³-hybridized carbons (Fsp3) is 0.133. The van der Waals surface area contributed by atoms with Crippen LogP contribution in [0.25, 0.3) is 0 Å². The summed E-state index contributed by atoms with van der Waals surface area (Å²) in [5.41, 5.74) is 1.51. The third-order valence-corrected chi connectivity index (χ3v) is 4.31. The van der Waals surface area contributed by atoms with Gasteiger partial charge in [0.2, 0.25) is 10.0 Å². The highest BCUT2D eigenvalue weighted by Crippen LogP contribution is 2.22. The van der Waals surface area contributed by atoms with Gasteiger partial charge in [0.05, 0.1) is 16.9 Å². The molecule has 0 bridgehead atoms. The first-order chi connectivity index (χ1) is 10.8. The predicted molar refractivity (Wildman–Crippen MR) is 98.6 cm³/mol. The zero-order chi connectivity index (χ0) is 17.0. The van der Waals surface area contributed by atoms with Crippen molar-refractivity contribution in [2.24, 2.45) is 0 Å². The van der Waals surface area contributed by atoms with Crippen molar-refractivity contribution in [3.63, 3.8) is 0 Å². The van der Waals surface area contributed by atoms with Crippen molar-refractivity contribution in [2.45, 2.75) is 0 Å². The van der Waals surface area contributed by atoms with E-state index >= 15 is 0 Å². The van der Waals surface area contributed by atoms with Crippen molar-refractivity contribution in [2.75, 3.05) is 23.4 Å². The lowest BCUT2D eigenvalue weighted by Crippen LogP contribution is -2.12. The Hall–Kier alpha value is -1.81. The largest absolute Gasteiger partial charge is 0.496 e. The van der Waals surface area contributed by atoms with Gasteiger partial charge in [0, 0.05) is 16.9 Å². The Labute approximate surface area is 148 Å². The molecule has 122 valence electrons. The van der Waals surface area contributed by atoms with Gasteiger partial charge in [-0.05, 0) is 65.1 Å². The minimum absolute atomic E-state index is 0.255. The average molecular weight is 446 g/mol. The molecule has 0 saturated carbocycles. The van der Waals surface area contributed by atoms with Crippen LogP contribution in [0.1, 0.15) is 10.4 Å². The van der Waals surface area contributed by atoms with Crippen LogP contribution in [0.2, 0.25) is 0 Å². The summed E-state index contributed by atoms with van der Waals surface area (Å²) < 4.78 is 30.6. The van der Waals surface area contributed by atoms with E-state index in [0.717, 1.165) is 9.83 Å². The van der Waals surface area contributed by atoms with Gasteiger partial charge in [0.15, 0.2) is 0 Å². The fourth-order valence-electron chi connectivity index (χ4n) is 1.85. The number of carbonyl (C=O) groups excluding carboxylic acids is 1. The molecule has 0 spiro atoms. The van der Waals surface area contributed by atoms with Crippen molar-refractivity contribution >= 4 is 49.9 Å². The van der Waals surface area contributed by atoms with Gasteiger partial charge in [-0.3, -0.25) is 9.52 Å². The fourth-order valence-corrected chi connectivity index (χ4v) is 3.15. The highest BCUT2D eigenvalue weighted by Gasteiger charge is 2.09. The second-order valence-corrected chi connectivity index (χ2v) is 7.67. The molecule has 0 aliphatic carbocycles. The number of carbonyl (C=O) groups is 1. The van der Waals surface area contributed by atoms with E-state index in [1.54, 1.807) is 49.6 Å². The summed E-state index contributed by atoms with van der Waals surface area (Å²) in [5, 5.41) is 2.75. The Morgan fingerprint density at radius 2 is 1.70 bits per heavy atom. The minimum atomic E-state index is -3.32. The van der Waals surface area contributed by atoms with Crippen molar-refractivity contribution in [1.29, 1.82) is 0 Å². The third kappa shape index (κ3) is 5.10. The highest BCUT2D eigenvalue weighted by atomic mass is 127. The number of sulfonamides is 1. The lowest BCUT2D eigenvalue weighted by molar-refractivity contribution is 0.102. The van der Waals surface area contributed by atoms with Gasteiger partial charge in [0.25, 0.3) is 5.91 Å². The molecule has 2 aromatic carbocycles. The maximum Gasteiger partial charge on any atom is 0.255 e. The molecule has 0 aliphatic rings. The SMILES string of the molecule is COc1ccc(C(=O)Nc2ccc(NS(C)(=O)=O)cc2)cc1I. The van der Waals surface area contributed by atoms with Gasteiger partial charge >= 0.3 is 0 Å². The zero-order valence-corrected chi connectivity index (χ0v) is 15.4. The Bertz CT molecular complexity index is 820. The number of methoxy groups -OCH3 is 1. The van der Waals surface area contributed by atoms with Gasteiger partial charge in [0.1, 0.15) is 5.75 Å². The molecule has 0 radical (unpaired) electrons. The van der Waals surface area contributed by atoms with E-state index in [2.05, 4.69) is 32.6 Å². The summed E-state index contributed by atoms with van der Waals surface area (Å²) in [5.74, 6) is 0.452. The van der Waals surface area contributed by atoms with Gasteiger partial charge in [-0.2, -0.15) is 0 Å². The summed E-state index contributed by atoms with van der Waals surface area (Å²) in [6, 6.07) is 11.5. The summed E-state index contributed by atoms with van der Waals surface area (Å²) in [6.07, 6.45) is 1.08. The Kier molecular flexibility index (Phi) is 5.47. The van der Waals surface area contributed by atoms with E-state index in [1.807, 2.05) is 0 Å². The quantitative estimate of drug-likeness (QED) is 0.692. The number of anilines is 2. The summed E-state index contributed by atoms with van der Waals surface area (Å²) >= 11 is 2.10. The van der Waals surface area contributed by atoms with Crippen LogP contribution in [-0.4, -0.2) is 27.7 Å². The van der Waals surface area contributed by atoms with Crippen LogP contribution in [0.3, 0.4) is 0 Å². The van der Waals surface area contributed by atoms with Crippen LogP contribution < -0.4 is 14.8 Å². The average Bonchev–Trinajstić information content (AvgIpc) is 2.47.